The summed E-state index contributed by atoms with van der Waals surface area (Å²) in [5.74, 6) is -0.150. The van der Waals surface area contributed by atoms with Crippen molar-refractivity contribution in [2.75, 3.05) is 6.54 Å². The van der Waals surface area contributed by atoms with Crippen LogP contribution in [-0.4, -0.2) is 32.0 Å². The van der Waals surface area contributed by atoms with E-state index < -0.39 is 0 Å². The minimum Gasteiger partial charge on any atom is -0.351 e. The number of nitrogens with one attached hydrogen (secondary N) is 1. The summed E-state index contributed by atoms with van der Waals surface area (Å²) in [5.41, 5.74) is 0.463. The topological polar surface area (TPSA) is 64.7 Å². The molecule has 1 N–H and O–H groups in total. The van der Waals surface area contributed by atoms with Crippen LogP contribution in [0.25, 0.3) is 0 Å². The van der Waals surface area contributed by atoms with Crippen molar-refractivity contribution >= 4 is 40.1 Å². The molecule has 8 heteroatoms. The molecule has 0 aliphatic carbocycles. The third-order valence-corrected chi connectivity index (χ3v) is 3.44. The SMILES string of the molecule is Cn1cc(I)c(C(=O)NCCCn2cc(Cl)cn2)n1. The lowest BCUT2D eigenvalue weighted by molar-refractivity contribution is 0.0946. The van der Waals surface area contributed by atoms with E-state index in [1.165, 1.54) is 0 Å². The highest BCUT2D eigenvalue weighted by atomic mass is 127. The molecular formula is C11H13ClIN5O. The van der Waals surface area contributed by atoms with Gasteiger partial charge >= 0.3 is 0 Å². The molecule has 0 bridgehead atoms. The molecule has 2 heterocycles. The second-order valence-corrected chi connectivity index (χ2v) is 5.63. The monoisotopic (exact) mass is 393 g/mol. The summed E-state index contributed by atoms with van der Waals surface area (Å²) in [6.07, 6.45) is 5.94. The first-order valence-electron chi connectivity index (χ1n) is 5.71. The van der Waals surface area contributed by atoms with Gasteiger partial charge in [0.15, 0.2) is 5.69 Å². The lowest BCUT2D eigenvalue weighted by Crippen LogP contribution is -2.26. The highest BCUT2D eigenvalue weighted by Crippen LogP contribution is 2.09. The summed E-state index contributed by atoms with van der Waals surface area (Å²) < 4.78 is 4.22. The summed E-state index contributed by atoms with van der Waals surface area (Å²) in [7, 11) is 1.79. The predicted molar refractivity (Wildman–Crippen MR) is 80.1 cm³/mol. The Labute approximate surface area is 129 Å². The number of carbonyl (C=O) groups excluding carboxylic acids is 1. The van der Waals surface area contributed by atoms with Crippen LogP contribution in [0.1, 0.15) is 16.9 Å². The maximum Gasteiger partial charge on any atom is 0.272 e. The molecule has 6 nitrogen and oxygen atoms in total. The highest BCUT2D eigenvalue weighted by Gasteiger charge is 2.13. The number of aryl methyl sites for hydroxylation is 2. The van der Waals surface area contributed by atoms with Crippen LogP contribution in [0.2, 0.25) is 5.02 Å². The van der Waals surface area contributed by atoms with Crippen LogP contribution in [0.15, 0.2) is 18.6 Å². The van der Waals surface area contributed by atoms with Crippen molar-refractivity contribution < 1.29 is 4.79 Å². The molecule has 2 aromatic heterocycles. The van der Waals surface area contributed by atoms with E-state index >= 15 is 0 Å². The van der Waals surface area contributed by atoms with E-state index in [0.29, 0.717) is 23.8 Å². The second kappa shape index (κ2) is 6.38. The van der Waals surface area contributed by atoms with E-state index in [1.54, 1.807) is 35.0 Å². The van der Waals surface area contributed by atoms with E-state index in [4.69, 9.17) is 11.6 Å². The Morgan fingerprint density at radius 1 is 1.53 bits per heavy atom. The minimum atomic E-state index is -0.150. The van der Waals surface area contributed by atoms with E-state index in [-0.39, 0.29) is 5.91 Å². The van der Waals surface area contributed by atoms with Gasteiger partial charge in [0.25, 0.3) is 5.91 Å². The van der Waals surface area contributed by atoms with Gasteiger partial charge in [0.1, 0.15) is 0 Å². The van der Waals surface area contributed by atoms with Gasteiger partial charge in [0.05, 0.1) is 14.8 Å². The molecule has 0 unspecified atom stereocenters. The Hall–Kier alpha value is -1.09. The Morgan fingerprint density at radius 2 is 2.32 bits per heavy atom. The molecule has 0 spiro atoms. The van der Waals surface area contributed by atoms with Gasteiger partial charge in [-0.25, -0.2) is 0 Å². The predicted octanol–water partition coefficient (Wildman–Crippen LogP) is 1.69. The molecule has 0 aliphatic rings. The average Bonchev–Trinajstić information content (AvgIpc) is 2.90. The van der Waals surface area contributed by atoms with Crippen LogP contribution in [0.3, 0.4) is 0 Å². The highest BCUT2D eigenvalue weighted by molar-refractivity contribution is 14.1. The van der Waals surface area contributed by atoms with Gasteiger partial charge in [0.2, 0.25) is 0 Å². The summed E-state index contributed by atoms with van der Waals surface area (Å²) in [5, 5.41) is 11.6. The molecule has 2 aromatic rings. The molecule has 0 aliphatic heterocycles. The number of rotatable bonds is 5. The number of hydrogen-bond acceptors (Lipinski definition) is 3. The van der Waals surface area contributed by atoms with Crippen molar-refractivity contribution in [3.05, 3.63) is 32.9 Å². The van der Waals surface area contributed by atoms with Crippen molar-refractivity contribution in [3.8, 4) is 0 Å². The van der Waals surface area contributed by atoms with Crippen molar-refractivity contribution in [3.63, 3.8) is 0 Å². The van der Waals surface area contributed by atoms with Crippen molar-refractivity contribution in [2.24, 2.45) is 7.05 Å². The Kier molecular flexibility index (Phi) is 4.81. The zero-order chi connectivity index (χ0) is 13.8. The van der Waals surface area contributed by atoms with Gasteiger partial charge < -0.3 is 5.32 Å². The fraction of sp³-hybridized carbons (Fsp3) is 0.364. The van der Waals surface area contributed by atoms with Crippen LogP contribution in [0, 0.1) is 3.57 Å². The normalized spacial score (nSPS) is 10.7. The Bertz CT molecular complexity index is 579. The maximum absolute atomic E-state index is 11.9. The first kappa shape index (κ1) is 14.3. The quantitative estimate of drug-likeness (QED) is 0.621. The van der Waals surface area contributed by atoms with Gasteiger partial charge in [0, 0.05) is 32.5 Å². The third-order valence-electron chi connectivity index (χ3n) is 2.45. The first-order valence-corrected chi connectivity index (χ1v) is 7.17. The number of amides is 1. The average molecular weight is 394 g/mol. The van der Waals surface area contributed by atoms with E-state index in [9.17, 15) is 4.79 Å². The molecule has 1 amide bonds. The largest absolute Gasteiger partial charge is 0.351 e. The van der Waals surface area contributed by atoms with Gasteiger partial charge in [-0.05, 0) is 29.0 Å². The van der Waals surface area contributed by atoms with Crippen LogP contribution in [-0.2, 0) is 13.6 Å². The molecule has 102 valence electrons. The zero-order valence-corrected chi connectivity index (χ0v) is 13.2. The lowest BCUT2D eigenvalue weighted by atomic mass is 10.3. The summed E-state index contributed by atoms with van der Waals surface area (Å²) in [6, 6.07) is 0. The first-order chi connectivity index (χ1) is 9.06. The van der Waals surface area contributed by atoms with Gasteiger partial charge in [-0.3, -0.25) is 14.2 Å². The molecule has 0 saturated heterocycles. The van der Waals surface area contributed by atoms with Crippen molar-refractivity contribution in [2.45, 2.75) is 13.0 Å². The summed E-state index contributed by atoms with van der Waals surface area (Å²) in [4.78, 5) is 11.9. The van der Waals surface area contributed by atoms with Crippen molar-refractivity contribution in [1.82, 2.24) is 24.9 Å². The van der Waals surface area contributed by atoms with Crippen LogP contribution in [0.5, 0.6) is 0 Å². The molecule has 2 rings (SSSR count). The lowest BCUT2D eigenvalue weighted by Gasteiger charge is -2.04. The van der Waals surface area contributed by atoms with Crippen LogP contribution >= 0.6 is 34.2 Å². The summed E-state index contributed by atoms with van der Waals surface area (Å²) >= 11 is 7.86. The second-order valence-electron chi connectivity index (χ2n) is 4.03. The molecule has 0 aromatic carbocycles. The van der Waals surface area contributed by atoms with Crippen LogP contribution < -0.4 is 5.32 Å². The molecule has 0 atom stereocenters. The molecule has 19 heavy (non-hydrogen) atoms. The molecule has 0 fully saturated rings. The Balaban J connectivity index is 1.77. The third kappa shape index (κ3) is 3.93. The summed E-state index contributed by atoms with van der Waals surface area (Å²) in [6.45, 7) is 1.29. The molecule has 0 radical (unpaired) electrons. The minimum absolute atomic E-state index is 0.150. The van der Waals surface area contributed by atoms with Gasteiger partial charge in [-0.15, -0.1) is 0 Å². The van der Waals surface area contributed by atoms with Crippen molar-refractivity contribution in [1.29, 1.82) is 0 Å². The smallest absolute Gasteiger partial charge is 0.272 e. The number of aromatic nitrogens is 4. The number of nitrogens with zero attached hydrogens (tertiary/aromatic N) is 4. The molecular weight excluding hydrogens is 381 g/mol. The number of carbonyl (C=O) groups is 1. The van der Waals surface area contributed by atoms with Gasteiger partial charge in [-0.1, -0.05) is 11.6 Å². The number of halogens is 2. The van der Waals surface area contributed by atoms with E-state index in [1.807, 2.05) is 0 Å². The van der Waals surface area contributed by atoms with Crippen LogP contribution in [0.4, 0.5) is 0 Å². The molecule has 0 saturated carbocycles. The fourth-order valence-electron chi connectivity index (χ4n) is 1.60. The zero-order valence-electron chi connectivity index (χ0n) is 10.3. The van der Waals surface area contributed by atoms with E-state index in [0.717, 1.165) is 9.99 Å². The maximum atomic E-state index is 11.9. The Morgan fingerprint density at radius 3 is 2.89 bits per heavy atom. The van der Waals surface area contributed by atoms with E-state index in [2.05, 4.69) is 38.1 Å². The van der Waals surface area contributed by atoms with Gasteiger partial charge in [-0.2, -0.15) is 10.2 Å². The fourth-order valence-corrected chi connectivity index (χ4v) is 2.51. The standard InChI is InChI=1S/C11H13ClIN5O/c1-17-7-9(13)10(16-17)11(19)14-3-2-4-18-6-8(12)5-15-18/h5-7H,2-4H2,1H3,(H,14,19). The number of hydrogen-bond donors (Lipinski definition) is 1.